The number of rotatable bonds is 6. The Balaban J connectivity index is 1.85. The van der Waals surface area contributed by atoms with Crippen molar-refractivity contribution in [2.24, 2.45) is 11.8 Å². The van der Waals surface area contributed by atoms with E-state index in [0.29, 0.717) is 0 Å². The van der Waals surface area contributed by atoms with Crippen molar-refractivity contribution >= 4 is 18.0 Å². The Labute approximate surface area is 133 Å². The lowest BCUT2D eigenvalue weighted by molar-refractivity contribution is -0.152. The number of aliphatic carboxylic acids is 1. The third-order valence-electron chi connectivity index (χ3n) is 3.91. The Hall–Kier alpha value is -2.57. The van der Waals surface area contributed by atoms with Gasteiger partial charge in [0, 0.05) is 0 Å². The van der Waals surface area contributed by atoms with Gasteiger partial charge in [-0.1, -0.05) is 30.3 Å². The van der Waals surface area contributed by atoms with Gasteiger partial charge in [0.2, 0.25) is 5.91 Å². The van der Waals surface area contributed by atoms with Gasteiger partial charge in [0.25, 0.3) is 0 Å². The molecule has 23 heavy (non-hydrogen) atoms. The second kappa shape index (κ2) is 7.13. The minimum atomic E-state index is -1.01. The Kier molecular flexibility index (Phi) is 5.20. The molecule has 0 bridgehead atoms. The van der Waals surface area contributed by atoms with Crippen LogP contribution in [0.3, 0.4) is 0 Å². The summed E-state index contributed by atoms with van der Waals surface area (Å²) in [5.41, 5.74) is 0.816. The van der Waals surface area contributed by atoms with Crippen LogP contribution < -0.4 is 5.32 Å². The van der Waals surface area contributed by atoms with Crippen molar-refractivity contribution in [2.45, 2.75) is 32.6 Å². The van der Waals surface area contributed by atoms with Gasteiger partial charge < -0.3 is 19.9 Å². The molecule has 0 spiro atoms. The molecule has 0 aromatic heterocycles. The molecule has 0 aliphatic carbocycles. The summed E-state index contributed by atoms with van der Waals surface area (Å²) < 4.78 is 10.1. The fourth-order valence-electron chi connectivity index (χ4n) is 2.49. The first kappa shape index (κ1) is 16.8. The number of hydrogen-bond acceptors (Lipinski definition) is 5. The van der Waals surface area contributed by atoms with Gasteiger partial charge >= 0.3 is 12.1 Å². The van der Waals surface area contributed by atoms with Crippen molar-refractivity contribution in [2.75, 3.05) is 0 Å². The molecule has 7 heteroatoms. The molecule has 1 saturated heterocycles. The standard InChI is InChI=1S/C16H19NO6/c1-9(15(19)20)13-12(14(18)17-13)10(2)23-16(21)22-8-11-6-4-3-5-7-11/h3-7,9-10,12-13H,8H2,1-2H3,(H,17,18)(H,19,20)/t9-,10-,12-,13+/m1/s1. The zero-order valence-corrected chi connectivity index (χ0v) is 12.9. The van der Waals surface area contributed by atoms with Crippen LogP contribution >= 0.6 is 0 Å². The van der Waals surface area contributed by atoms with E-state index in [-0.39, 0.29) is 12.5 Å². The van der Waals surface area contributed by atoms with Crippen LogP contribution in [0.5, 0.6) is 0 Å². The Morgan fingerprint density at radius 1 is 1.26 bits per heavy atom. The maximum absolute atomic E-state index is 11.7. The van der Waals surface area contributed by atoms with E-state index in [1.807, 2.05) is 18.2 Å². The van der Waals surface area contributed by atoms with Crippen molar-refractivity contribution in [3.05, 3.63) is 35.9 Å². The first-order chi connectivity index (χ1) is 10.9. The predicted octanol–water partition coefficient (Wildman–Crippen LogP) is 1.56. The lowest BCUT2D eigenvalue weighted by atomic mass is 9.79. The average Bonchev–Trinajstić information content (AvgIpc) is 2.50. The van der Waals surface area contributed by atoms with Gasteiger partial charge in [0.15, 0.2) is 0 Å². The fraction of sp³-hybridized carbons (Fsp3) is 0.438. The maximum atomic E-state index is 11.7. The van der Waals surface area contributed by atoms with Crippen LogP contribution in [-0.4, -0.2) is 35.3 Å². The Morgan fingerprint density at radius 2 is 1.91 bits per heavy atom. The topological polar surface area (TPSA) is 102 Å². The number of ether oxygens (including phenoxy) is 2. The molecule has 1 amide bonds. The second-order valence-electron chi connectivity index (χ2n) is 5.53. The van der Waals surface area contributed by atoms with Crippen LogP contribution in [0.25, 0.3) is 0 Å². The number of β-lactam (4-membered cyclic amide) rings is 1. The van der Waals surface area contributed by atoms with Crippen LogP contribution in [0.2, 0.25) is 0 Å². The van der Waals surface area contributed by atoms with Gasteiger partial charge in [0.1, 0.15) is 12.7 Å². The smallest absolute Gasteiger partial charge is 0.481 e. The number of hydrogen-bond donors (Lipinski definition) is 2. The van der Waals surface area contributed by atoms with Crippen LogP contribution in [0.1, 0.15) is 19.4 Å². The molecule has 1 aromatic rings. The Morgan fingerprint density at radius 3 is 2.48 bits per heavy atom. The average molecular weight is 321 g/mol. The van der Waals surface area contributed by atoms with Gasteiger partial charge in [-0.25, -0.2) is 4.79 Å². The molecule has 1 aromatic carbocycles. The van der Waals surface area contributed by atoms with Gasteiger partial charge in [-0.15, -0.1) is 0 Å². The number of carboxylic acid groups (broad SMARTS) is 1. The molecule has 2 rings (SSSR count). The molecule has 1 heterocycles. The lowest BCUT2D eigenvalue weighted by Gasteiger charge is -2.41. The van der Waals surface area contributed by atoms with Gasteiger partial charge in [-0.3, -0.25) is 9.59 Å². The van der Waals surface area contributed by atoms with Crippen molar-refractivity contribution in [1.82, 2.24) is 5.32 Å². The highest BCUT2D eigenvalue weighted by Gasteiger charge is 2.49. The van der Waals surface area contributed by atoms with E-state index in [4.69, 9.17) is 14.6 Å². The first-order valence-corrected chi connectivity index (χ1v) is 7.30. The maximum Gasteiger partial charge on any atom is 0.508 e. The molecule has 4 atom stereocenters. The molecule has 1 aliphatic rings. The number of carbonyl (C=O) groups excluding carboxylic acids is 2. The highest BCUT2D eigenvalue weighted by Crippen LogP contribution is 2.27. The van der Waals surface area contributed by atoms with Gasteiger partial charge in [0.05, 0.1) is 17.9 Å². The van der Waals surface area contributed by atoms with Crippen LogP contribution in [0.4, 0.5) is 4.79 Å². The molecule has 0 unspecified atom stereocenters. The molecule has 0 radical (unpaired) electrons. The summed E-state index contributed by atoms with van der Waals surface area (Å²) in [4.78, 5) is 34.3. The van der Waals surface area contributed by atoms with Gasteiger partial charge in [-0.05, 0) is 19.4 Å². The SMILES string of the molecule is C[C@@H](OC(=O)OCc1ccccc1)[C@H]1C(=O)N[C@H]1[C@@H](C)C(=O)O. The summed E-state index contributed by atoms with van der Waals surface area (Å²) in [6, 6.07) is 8.55. The number of benzene rings is 1. The van der Waals surface area contributed by atoms with E-state index < -0.39 is 36.1 Å². The largest absolute Gasteiger partial charge is 0.508 e. The van der Waals surface area contributed by atoms with E-state index in [1.54, 1.807) is 19.1 Å². The lowest BCUT2D eigenvalue weighted by Crippen LogP contribution is -2.65. The van der Waals surface area contributed by atoms with Crippen molar-refractivity contribution in [3.8, 4) is 0 Å². The highest BCUT2D eigenvalue weighted by molar-refractivity contribution is 5.89. The zero-order valence-electron chi connectivity index (χ0n) is 12.9. The summed E-state index contributed by atoms with van der Waals surface area (Å²) in [7, 11) is 0. The molecule has 2 N–H and O–H groups in total. The number of carbonyl (C=O) groups is 3. The normalized spacial score (nSPS) is 22.3. The molecule has 7 nitrogen and oxygen atoms in total. The molecular formula is C16H19NO6. The minimum Gasteiger partial charge on any atom is -0.481 e. The first-order valence-electron chi connectivity index (χ1n) is 7.30. The van der Waals surface area contributed by atoms with Crippen LogP contribution in [0.15, 0.2) is 30.3 Å². The number of amides is 1. The van der Waals surface area contributed by atoms with Crippen molar-refractivity contribution in [3.63, 3.8) is 0 Å². The van der Waals surface area contributed by atoms with Crippen LogP contribution in [0, 0.1) is 11.8 Å². The third-order valence-corrected chi connectivity index (χ3v) is 3.91. The van der Waals surface area contributed by atoms with Gasteiger partial charge in [-0.2, -0.15) is 0 Å². The van der Waals surface area contributed by atoms with E-state index >= 15 is 0 Å². The van der Waals surface area contributed by atoms with Crippen molar-refractivity contribution in [1.29, 1.82) is 0 Å². The molecule has 1 fully saturated rings. The Bertz CT molecular complexity index is 587. The summed E-state index contributed by atoms with van der Waals surface area (Å²) in [5.74, 6) is -2.79. The zero-order chi connectivity index (χ0) is 17.0. The highest BCUT2D eigenvalue weighted by atomic mass is 16.7. The molecule has 0 saturated carbocycles. The molecule has 124 valence electrons. The fourth-order valence-corrected chi connectivity index (χ4v) is 2.49. The predicted molar refractivity (Wildman–Crippen MR) is 79.4 cm³/mol. The minimum absolute atomic E-state index is 0.0677. The number of nitrogens with one attached hydrogen (secondary N) is 1. The van der Waals surface area contributed by atoms with E-state index in [9.17, 15) is 14.4 Å². The van der Waals surface area contributed by atoms with E-state index in [2.05, 4.69) is 5.32 Å². The molecule has 1 aliphatic heterocycles. The third kappa shape index (κ3) is 4.00. The monoisotopic (exact) mass is 321 g/mol. The quantitative estimate of drug-likeness (QED) is 0.609. The van der Waals surface area contributed by atoms with Crippen molar-refractivity contribution < 1.29 is 29.0 Å². The van der Waals surface area contributed by atoms with Crippen LogP contribution in [-0.2, 0) is 25.7 Å². The summed E-state index contributed by atoms with van der Waals surface area (Å²) in [6.07, 6.45) is -1.65. The number of carboxylic acids is 1. The van der Waals surface area contributed by atoms with E-state index in [1.165, 1.54) is 6.92 Å². The molecular weight excluding hydrogens is 302 g/mol. The summed E-state index contributed by atoms with van der Waals surface area (Å²) >= 11 is 0. The summed E-state index contributed by atoms with van der Waals surface area (Å²) in [5, 5.41) is 11.5. The summed E-state index contributed by atoms with van der Waals surface area (Å²) in [6.45, 7) is 3.12. The van der Waals surface area contributed by atoms with E-state index in [0.717, 1.165) is 5.56 Å². The second-order valence-corrected chi connectivity index (χ2v) is 5.53.